The van der Waals surface area contributed by atoms with Gasteiger partial charge in [-0.2, -0.15) is 5.10 Å². The van der Waals surface area contributed by atoms with E-state index in [1.165, 1.54) is 30.5 Å². The molecule has 0 heterocycles. The van der Waals surface area contributed by atoms with Crippen molar-refractivity contribution in [3.05, 3.63) is 75.8 Å². The highest BCUT2D eigenvalue weighted by molar-refractivity contribution is 5.97. The monoisotopic (exact) mass is 340 g/mol. The number of nitro groups is 1. The predicted octanol–water partition coefficient (Wildman–Crippen LogP) is 1.75. The Bertz CT molecular complexity index is 773. The van der Waals surface area contributed by atoms with Gasteiger partial charge in [-0.3, -0.25) is 19.7 Å². The molecule has 8 nitrogen and oxygen atoms in total. The fourth-order valence-corrected chi connectivity index (χ4v) is 1.91. The van der Waals surface area contributed by atoms with Gasteiger partial charge in [0.1, 0.15) is 6.42 Å². The molecule has 0 spiro atoms. The number of nitrogens with one attached hydrogen (secondary N) is 2. The van der Waals surface area contributed by atoms with Crippen LogP contribution in [0.5, 0.6) is 0 Å². The lowest BCUT2D eigenvalue weighted by molar-refractivity contribution is -0.384. The zero-order chi connectivity index (χ0) is 18.1. The summed E-state index contributed by atoms with van der Waals surface area (Å²) < 4.78 is 0. The molecule has 0 unspecified atom stereocenters. The van der Waals surface area contributed by atoms with Gasteiger partial charge in [0.25, 0.3) is 5.69 Å². The number of amides is 2. The highest BCUT2D eigenvalue weighted by Gasteiger charge is 2.08. The van der Waals surface area contributed by atoms with Crippen molar-refractivity contribution in [3.8, 4) is 0 Å². The molecule has 0 saturated heterocycles. The molecule has 0 bridgehead atoms. The first-order chi connectivity index (χ1) is 12.0. The molecule has 2 aromatic rings. The summed E-state index contributed by atoms with van der Waals surface area (Å²) >= 11 is 0. The van der Waals surface area contributed by atoms with Crippen molar-refractivity contribution < 1.29 is 14.5 Å². The molecule has 2 aromatic carbocycles. The second kappa shape index (κ2) is 8.92. The quantitative estimate of drug-likeness (QED) is 0.346. The number of hydrazone groups is 1. The van der Waals surface area contributed by atoms with Gasteiger partial charge >= 0.3 is 0 Å². The maximum atomic E-state index is 11.7. The highest BCUT2D eigenvalue weighted by atomic mass is 16.6. The van der Waals surface area contributed by atoms with E-state index in [4.69, 9.17) is 0 Å². The molecule has 0 radical (unpaired) electrons. The average molecular weight is 340 g/mol. The third kappa shape index (κ3) is 6.22. The van der Waals surface area contributed by atoms with Crippen LogP contribution in [-0.2, 0) is 16.1 Å². The van der Waals surface area contributed by atoms with Gasteiger partial charge in [0.2, 0.25) is 11.8 Å². The number of benzene rings is 2. The Kier molecular flexibility index (Phi) is 6.35. The van der Waals surface area contributed by atoms with Crippen LogP contribution in [0, 0.1) is 10.1 Å². The Morgan fingerprint density at radius 3 is 2.36 bits per heavy atom. The zero-order valence-electron chi connectivity index (χ0n) is 13.2. The Morgan fingerprint density at radius 2 is 1.72 bits per heavy atom. The van der Waals surface area contributed by atoms with E-state index in [0.29, 0.717) is 12.1 Å². The summed E-state index contributed by atoms with van der Waals surface area (Å²) in [4.78, 5) is 33.3. The summed E-state index contributed by atoms with van der Waals surface area (Å²) in [5.41, 5.74) is 3.72. The lowest BCUT2D eigenvalue weighted by atomic mass is 10.2. The third-order valence-corrected chi connectivity index (χ3v) is 3.16. The van der Waals surface area contributed by atoms with E-state index in [1.54, 1.807) is 0 Å². The summed E-state index contributed by atoms with van der Waals surface area (Å²) in [7, 11) is 0. The van der Waals surface area contributed by atoms with Crippen molar-refractivity contribution in [1.29, 1.82) is 0 Å². The predicted molar refractivity (Wildman–Crippen MR) is 91.7 cm³/mol. The molecule has 0 aromatic heterocycles. The Morgan fingerprint density at radius 1 is 1.04 bits per heavy atom. The number of rotatable bonds is 7. The molecular formula is C17H16N4O4. The van der Waals surface area contributed by atoms with Crippen LogP contribution >= 0.6 is 0 Å². The van der Waals surface area contributed by atoms with Crippen molar-refractivity contribution in [1.82, 2.24) is 10.7 Å². The van der Waals surface area contributed by atoms with Crippen LogP contribution in [0.2, 0.25) is 0 Å². The van der Waals surface area contributed by atoms with Crippen molar-refractivity contribution in [2.75, 3.05) is 0 Å². The summed E-state index contributed by atoms with van der Waals surface area (Å²) in [6.45, 7) is 0.346. The van der Waals surface area contributed by atoms with Crippen LogP contribution in [0.25, 0.3) is 0 Å². The first-order valence-electron chi connectivity index (χ1n) is 7.41. The van der Waals surface area contributed by atoms with E-state index in [9.17, 15) is 19.7 Å². The Hall–Kier alpha value is -3.55. The fourth-order valence-electron chi connectivity index (χ4n) is 1.91. The lowest BCUT2D eigenvalue weighted by Crippen LogP contribution is -2.29. The number of nitro benzene ring substituents is 1. The molecule has 0 aliphatic carbocycles. The number of carbonyl (C=O) groups excluding carboxylic acids is 2. The number of hydrogen-bond donors (Lipinski definition) is 2. The zero-order valence-corrected chi connectivity index (χ0v) is 13.2. The average Bonchev–Trinajstić information content (AvgIpc) is 2.61. The van der Waals surface area contributed by atoms with Gasteiger partial charge in [0.05, 0.1) is 11.1 Å². The van der Waals surface area contributed by atoms with Gasteiger partial charge in [-0.05, 0) is 23.3 Å². The summed E-state index contributed by atoms with van der Waals surface area (Å²) in [5, 5.41) is 16.9. The smallest absolute Gasteiger partial charge is 0.269 e. The molecule has 2 rings (SSSR count). The molecule has 0 atom stereocenters. The van der Waals surface area contributed by atoms with E-state index in [2.05, 4.69) is 15.8 Å². The first kappa shape index (κ1) is 17.8. The van der Waals surface area contributed by atoms with Crippen molar-refractivity contribution >= 4 is 23.7 Å². The molecule has 0 aliphatic rings. The topological polar surface area (TPSA) is 114 Å². The summed E-state index contributed by atoms with van der Waals surface area (Å²) in [5.74, 6) is -0.962. The molecule has 0 fully saturated rings. The second-order valence-electron chi connectivity index (χ2n) is 5.08. The van der Waals surface area contributed by atoms with Crippen molar-refractivity contribution in [2.24, 2.45) is 5.10 Å². The maximum Gasteiger partial charge on any atom is 0.269 e. The van der Waals surface area contributed by atoms with E-state index in [0.717, 1.165) is 5.56 Å². The van der Waals surface area contributed by atoms with Crippen molar-refractivity contribution in [3.63, 3.8) is 0 Å². The number of carbonyl (C=O) groups is 2. The van der Waals surface area contributed by atoms with Gasteiger partial charge in [0.15, 0.2) is 0 Å². The SMILES string of the molecule is O=C(CC(=O)NN=Cc1ccc([N+](=O)[O-])cc1)NCc1ccccc1. The fraction of sp³-hybridized carbons (Fsp3) is 0.118. The highest BCUT2D eigenvalue weighted by Crippen LogP contribution is 2.10. The van der Waals surface area contributed by atoms with E-state index in [1.807, 2.05) is 30.3 Å². The largest absolute Gasteiger partial charge is 0.352 e. The summed E-state index contributed by atoms with van der Waals surface area (Å²) in [6.07, 6.45) is 0.994. The number of hydrogen-bond acceptors (Lipinski definition) is 5. The lowest BCUT2D eigenvalue weighted by Gasteiger charge is -2.04. The standard InChI is InChI=1S/C17H16N4O4/c22-16(18-11-13-4-2-1-3-5-13)10-17(23)20-19-12-14-6-8-15(9-7-14)21(24)25/h1-9,12H,10-11H2,(H,18,22)(H,20,23). The Labute approximate surface area is 143 Å². The van der Waals surface area contributed by atoms with Gasteiger partial charge in [-0.15, -0.1) is 0 Å². The van der Waals surface area contributed by atoms with Crippen LogP contribution in [0.3, 0.4) is 0 Å². The minimum absolute atomic E-state index is 0.0312. The molecular weight excluding hydrogens is 324 g/mol. The minimum atomic E-state index is -0.552. The molecule has 25 heavy (non-hydrogen) atoms. The molecule has 2 N–H and O–H groups in total. The van der Waals surface area contributed by atoms with Crippen LogP contribution in [-0.4, -0.2) is 23.0 Å². The number of nitrogens with zero attached hydrogens (tertiary/aromatic N) is 2. The normalized spacial score (nSPS) is 10.4. The van der Waals surface area contributed by atoms with Crippen LogP contribution in [0.1, 0.15) is 17.5 Å². The van der Waals surface area contributed by atoms with Crippen LogP contribution in [0.15, 0.2) is 59.7 Å². The second-order valence-corrected chi connectivity index (χ2v) is 5.08. The first-order valence-corrected chi connectivity index (χ1v) is 7.41. The summed E-state index contributed by atoms with van der Waals surface area (Å²) in [6, 6.07) is 15.0. The molecule has 128 valence electrons. The van der Waals surface area contributed by atoms with Crippen molar-refractivity contribution in [2.45, 2.75) is 13.0 Å². The third-order valence-electron chi connectivity index (χ3n) is 3.16. The molecule has 2 amide bonds. The molecule has 0 saturated carbocycles. The van der Waals surface area contributed by atoms with Crippen LogP contribution < -0.4 is 10.7 Å². The van der Waals surface area contributed by atoms with Gasteiger partial charge < -0.3 is 5.32 Å². The van der Waals surface area contributed by atoms with E-state index < -0.39 is 16.7 Å². The minimum Gasteiger partial charge on any atom is -0.352 e. The van der Waals surface area contributed by atoms with Gasteiger partial charge in [-0.1, -0.05) is 30.3 Å². The van der Waals surface area contributed by atoms with E-state index in [-0.39, 0.29) is 12.1 Å². The Balaban J connectivity index is 1.74. The number of non-ortho nitro benzene ring substituents is 1. The van der Waals surface area contributed by atoms with Crippen LogP contribution in [0.4, 0.5) is 5.69 Å². The molecule has 0 aliphatic heterocycles. The maximum absolute atomic E-state index is 11.7. The van der Waals surface area contributed by atoms with Gasteiger partial charge in [-0.25, -0.2) is 5.43 Å². The van der Waals surface area contributed by atoms with Gasteiger partial charge in [0, 0.05) is 18.7 Å². The van der Waals surface area contributed by atoms with E-state index >= 15 is 0 Å². The molecule has 8 heteroatoms.